The molecule has 4 heteroatoms. The molecule has 21 heavy (non-hydrogen) atoms. The second-order valence-corrected chi connectivity index (χ2v) is 6.49. The first kappa shape index (κ1) is 15.9. The minimum absolute atomic E-state index is 0.277. The Kier molecular flexibility index (Phi) is 5.65. The summed E-state index contributed by atoms with van der Waals surface area (Å²) in [6.07, 6.45) is 0. The van der Waals surface area contributed by atoms with Crippen LogP contribution in [0.5, 0.6) is 5.75 Å². The lowest BCUT2D eigenvalue weighted by molar-refractivity contribution is 0.334. The van der Waals surface area contributed by atoms with Gasteiger partial charge in [0.15, 0.2) is 0 Å². The van der Waals surface area contributed by atoms with Gasteiger partial charge in [0.25, 0.3) is 0 Å². The van der Waals surface area contributed by atoms with Gasteiger partial charge in [-0.2, -0.15) is 0 Å². The van der Waals surface area contributed by atoms with Crippen molar-refractivity contribution in [2.75, 3.05) is 19.3 Å². The zero-order valence-corrected chi connectivity index (χ0v) is 13.7. The van der Waals surface area contributed by atoms with Gasteiger partial charge in [0, 0.05) is 29.4 Å². The van der Waals surface area contributed by atoms with Crippen LogP contribution in [0.4, 0.5) is 0 Å². The Morgan fingerprint density at radius 2 is 1.81 bits per heavy atom. The van der Waals surface area contributed by atoms with Gasteiger partial charge in [-0.15, -0.1) is 11.8 Å². The van der Waals surface area contributed by atoms with E-state index >= 15 is 0 Å². The molecular formula is C17H22N2OS. The summed E-state index contributed by atoms with van der Waals surface area (Å²) in [5, 5.41) is 9.82. The molecule has 0 aliphatic heterocycles. The summed E-state index contributed by atoms with van der Waals surface area (Å²) in [5.41, 5.74) is 2.97. The molecule has 0 spiro atoms. The molecule has 0 aliphatic rings. The van der Waals surface area contributed by atoms with Gasteiger partial charge in [-0.25, -0.2) is 0 Å². The standard InChI is InChI=1S/C17H22N2OS/c1-13-4-7-15(8-5-13)21-11-10-19(3)12-16-17(20)9-6-14(2)18-16/h4-9,20H,10-12H2,1-3H3. The number of rotatable bonds is 6. The molecule has 3 nitrogen and oxygen atoms in total. The Morgan fingerprint density at radius 1 is 1.10 bits per heavy atom. The van der Waals surface area contributed by atoms with Gasteiger partial charge in [0.1, 0.15) is 5.75 Å². The van der Waals surface area contributed by atoms with E-state index in [2.05, 4.69) is 48.1 Å². The van der Waals surface area contributed by atoms with Crippen molar-refractivity contribution in [3.05, 3.63) is 53.3 Å². The largest absolute Gasteiger partial charge is 0.506 e. The fourth-order valence-electron chi connectivity index (χ4n) is 2.01. The number of nitrogens with zero attached hydrogens (tertiary/aromatic N) is 2. The molecule has 1 N–H and O–H groups in total. The molecule has 0 fully saturated rings. The predicted octanol–water partition coefficient (Wildman–Crippen LogP) is 3.63. The van der Waals surface area contributed by atoms with Gasteiger partial charge in [-0.1, -0.05) is 17.7 Å². The second kappa shape index (κ2) is 7.48. The maximum atomic E-state index is 9.82. The monoisotopic (exact) mass is 302 g/mol. The Bertz CT molecular complexity index is 584. The first-order valence-electron chi connectivity index (χ1n) is 7.08. The van der Waals surface area contributed by atoms with Crippen molar-refractivity contribution in [1.82, 2.24) is 9.88 Å². The molecule has 2 aromatic rings. The maximum Gasteiger partial charge on any atom is 0.138 e. The SMILES string of the molecule is Cc1ccc(SCCN(C)Cc2nc(C)ccc2O)cc1. The fraction of sp³-hybridized carbons (Fsp3) is 0.353. The zero-order chi connectivity index (χ0) is 15.2. The van der Waals surface area contributed by atoms with Crippen LogP contribution >= 0.6 is 11.8 Å². The second-order valence-electron chi connectivity index (χ2n) is 5.32. The third-order valence-electron chi connectivity index (χ3n) is 3.27. The number of aryl methyl sites for hydroxylation is 2. The minimum atomic E-state index is 0.277. The van der Waals surface area contributed by atoms with E-state index in [1.807, 2.05) is 24.8 Å². The van der Waals surface area contributed by atoms with E-state index in [1.54, 1.807) is 6.07 Å². The Hall–Kier alpha value is -1.52. The van der Waals surface area contributed by atoms with Gasteiger partial charge >= 0.3 is 0 Å². The fourth-order valence-corrected chi connectivity index (χ4v) is 2.98. The molecule has 0 bridgehead atoms. The van der Waals surface area contributed by atoms with Gasteiger partial charge in [0.2, 0.25) is 0 Å². The molecule has 2 rings (SSSR count). The lowest BCUT2D eigenvalue weighted by Gasteiger charge is -2.16. The smallest absolute Gasteiger partial charge is 0.138 e. The summed E-state index contributed by atoms with van der Waals surface area (Å²) < 4.78 is 0. The number of benzene rings is 1. The predicted molar refractivity (Wildman–Crippen MR) is 88.9 cm³/mol. The summed E-state index contributed by atoms with van der Waals surface area (Å²) >= 11 is 1.85. The van der Waals surface area contributed by atoms with Crippen LogP contribution in [0.25, 0.3) is 0 Å². The van der Waals surface area contributed by atoms with Gasteiger partial charge < -0.3 is 5.11 Å². The molecular weight excluding hydrogens is 280 g/mol. The third-order valence-corrected chi connectivity index (χ3v) is 4.26. The summed E-state index contributed by atoms with van der Waals surface area (Å²) in [6.45, 7) is 5.66. The average Bonchev–Trinajstić information content (AvgIpc) is 2.45. The molecule has 0 unspecified atom stereocenters. The lowest BCUT2D eigenvalue weighted by Crippen LogP contribution is -2.21. The first-order chi connectivity index (χ1) is 10.0. The first-order valence-corrected chi connectivity index (χ1v) is 8.06. The zero-order valence-electron chi connectivity index (χ0n) is 12.8. The van der Waals surface area contributed by atoms with Gasteiger partial charge in [-0.3, -0.25) is 9.88 Å². The summed E-state index contributed by atoms with van der Waals surface area (Å²) in [5.74, 6) is 1.30. The van der Waals surface area contributed by atoms with E-state index in [-0.39, 0.29) is 5.75 Å². The highest BCUT2D eigenvalue weighted by Gasteiger charge is 2.07. The van der Waals surface area contributed by atoms with Crippen molar-refractivity contribution in [2.24, 2.45) is 0 Å². The number of pyridine rings is 1. The van der Waals surface area contributed by atoms with Crippen molar-refractivity contribution < 1.29 is 5.11 Å². The molecule has 0 saturated carbocycles. The molecule has 0 aliphatic carbocycles. The third kappa shape index (κ3) is 5.06. The van der Waals surface area contributed by atoms with Crippen molar-refractivity contribution >= 4 is 11.8 Å². The van der Waals surface area contributed by atoms with Crippen LogP contribution in [0, 0.1) is 13.8 Å². The number of hydrogen-bond donors (Lipinski definition) is 1. The summed E-state index contributed by atoms with van der Waals surface area (Å²) in [7, 11) is 2.05. The van der Waals surface area contributed by atoms with Crippen molar-refractivity contribution in [2.45, 2.75) is 25.3 Å². The van der Waals surface area contributed by atoms with Gasteiger partial charge in [-0.05, 0) is 45.2 Å². The highest BCUT2D eigenvalue weighted by atomic mass is 32.2. The number of aromatic hydroxyl groups is 1. The molecule has 1 aromatic heterocycles. The van der Waals surface area contributed by atoms with Crippen LogP contribution in [0.3, 0.4) is 0 Å². The molecule has 0 atom stereocenters. The number of aromatic nitrogens is 1. The van der Waals surface area contributed by atoms with Crippen LogP contribution in [0.2, 0.25) is 0 Å². The molecule has 1 heterocycles. The normalized spacial score (nSPS) is 11.0. The highest BCUT2D eigenvalue weighted by Crippen LogP contribution is 2.19. The Labute approximate surface area is 131 Å². The molecule has 0 radical (unpaired) electrons. The van der Waals surface area contributed by atoms with E-state index in [0.29, 0.717) is 6.54 Å². The highest BCUT2D eigenvalue weighted by molar-refractivity contribution is 7.99. The van der Waals surface area contributed by atoms with Crippen LogP contribution < -0.4 is 0 Å². The Morgan fingerprint density at radius 3 is 2.52 bits per heavy atom. The summed E-state index contributed by atoms with van der Waals surface area (Å²) in [4.78, 5) is 7.87. The number of hydrogen-bond acceptors (Lipinski definition) is 4. The van der Waals surface area contributed by atoms with E-state index in [0.717, 1.165) is 23.7 Å². The summed E-state index contributed by atoms with van der Waals surface area (Å²) in [6, 6.07) is 12.1. The number of thioether (sulfide) groups is 1. The van der Waals surface area contributed by atoms with Crippen molar-refractivity contribution in [1.29, 1.82) is 0 Å². The molecule has 0 saturated heterocycles. The topological polar surface area (TPSA) is 36.4 Å². The van der Waals surface area contributed by atoms with Crippen LogP contribution in [-0.2, 0) is 6.54 Å². The quantitative estimate of drug-likeness (QED) is 0.827. The van der Waals surface area contributed by atoms with Crippen LogP contribution in [0.15, 0.2) is 41.3 Å². The average molecular weight is 302 g/mol. The van der Waals surface area contributed by atoms with E-state index in [1.165, 1.54) is 10.5 Å². The Balaban J connectivity index is 1.80. The molecule has 1 aromatic carbocycles. The molecule has 0 amide bonds. The lowest BCUT2D eigenvalue weighted by atomic mass is 10.2. The van der Waals surface area contributed by atoms with E-state index < -0.39 is 0 Å². The van der Waals surface area contributed by atoms with Crippen LogP contribution in [0.1, 0.15) is 17.0 Å². The van der Waals surface area contributed by atoms with Crippen LogP contribution in [-0.4, -0.2) is 34.3 Å². The van der Waals surface area contributed by atoms with Crippen molar-refractivity contribution in [3.63, 3.8) is 0 Å². The van der Waals surface area contributed by atoms with Gasteiger partial charge in [0.05, 0.1) is 5.69 Å². The van der Waals surface area contributed by atoms with E-state index in [4.69, 9.17) is 0 Å². The van der Waals surface area contributed by atoms with Crippen molar-refractivity contribution in [3.8, 4) is 5.75 Å². The minimum Gasteiger partial charge on any atom is -0.506 e. The van der Waals surface area contributed by atoms with E-state index in [9.17, 15) is 5.11 Å². The maximum absolute atomic E-state index is 9.82. The molecule has 112 valence electrons.